The maximum Gasteiger partial charge on any atom is 0.410 e. The van der Waals surface area contributed by atoms with Crippen LogP contribution in [0.25, 0.3) is 0 Å². The summed E-state index contributed by atoms with van der Waals surface area (Å²) in [5.74, 6) is -0.709. The summed E-state index contributed by atoms with van der Waals surface area (Å²) in [6.07, 6.45) is -0.140. The molecule has 0 saturated heterocycles. The van der Waals surface area contributed by atoms with E-state index >= 15 is 0 Å². The second-order valence-electron chi connectivity index (χ2n) is 6.85. The molecule has 136 valence electrons. The first kappa shape index (κ1) is 18.9. The zero-order chi connectivity index (χ0) is 18.6. The summed E-state index contributed by atoms with van der Waals surface area (Å²) >= 11 is 0. The van der Waals surface area contributed by atoms with Gasteiger partial charge in [-0.3, -0.25) is 14.5 Å². The largest absolute Gasteiger partial charge is 0.444 e. The molecule has 3 amide bonds. The zero-order valence-electron chi connectivity index (χ0n) is 14.8. The molecule has 0 aromatic heterocycles. The van der Waals surface area contributed by atoms with Crippen molar-refractivity contribution < 1.29 is 24.2 Å². The van der Waals surface area contributed by atoms with Crippen molar-refractivity contribution in [2.75, 3.05) is 26.2 Å². The fraction of sp³-hybridized carbons (Fsp3) is 0.500. The first-order chi connectivity index (χ1) is 11.7. The van der Waals surface area contributed by atoms with Crippen LogP contribution in [0.3, 0.4) is 0 Å². The number of nitrogens with zero attached hydrogens (tertiary/aromatic N) is 2. The van der Waals surface area contributed by atoms with Gasteiger partial charge in [0.05, 0.1) is 11.1 Å². The minimum Gasteiger partial charge on any atom is -0.444 e. The van der Waals surface area contributed by atoms with Gasteiger partial charge in [0.1, 0.15) is 5.60 Å². The number of carbonyl (C=O) groups excluding carboxylic acids is 3. The van der Waals surface area contributed by atoms with E-state index in [1.54, 1.807) is 45.0 Å². The summed E-state index contributed by atoms with van der Waals surface area (Å²) < 4.78 is 5.34. The minimum absolute atomic E-state index is 0.0632. The van der Waals surface area contributed by atoms with Gasteiger partial charge in [-0.2, -0.15) is 0 Å². The molecule has 7 nitrogen and oxygen atoms in total. The van der Waals surface area contributed by atoms with E-state index in [4.69, 9.17) is 9.84 Å². The van der Waals surface area contributed by atoms with E-state index in [2.05, 4.69) is 0 Å². The Balaban J connectivity index is 2.04. The number of imide groups is 1. The highest BCUT2D eigenvalue weighted by Gasteiger charge is 2.35. The number of hydrogen-bond acceptors (Lipinski definition) is 5. The van der Waals surface area contributed by atoms with Crippen molar-refractivity contribution in [1.82, 2.24) is 9.80 Å². The molecule has 2 rings (SSSR count). The van der Waals surface area contributed by atoms with Crippen LogP contribution in [-0.2, 0) is 4.74 Å². The number of benzene rings is 1. The monoisotopic (exact) mass is 348 g/mol. The quantitative estimate of drug-likeness (QED) is 0.794. The summed E-state index contributed by atoms with van der Waals surface area (Å²) in [4.78, 5) is 39.6. The van der Waals surface area contributed by atoms with Gasteiger partial charge in [-0.1, -0.05) is 12.1 Å². The standard InChI is InChI=1S/C18H24N2O5/c1-18(2,3)25-17(24)19(9-6-12-21)10-11-20-15(22)13-7-4-5-8-14(13)16(20)23/h4-5,7-8,21H,6,9-12H2,1-3H3. The Morgan fingerprint density at radius 3 is 2.16 bits per heavy atom. The third kappa shape index (κ3) is 4.57. The first-order valence-corrected chi connectivity index (χ1v) is 8.28. The van der Waals surface area contributed by atoms with Crippen LogP contribution in [0.4, 0.5) is 4.79 Å². The molecule has 0 spiro atoms. The van der Waals surface area contributed by atoms with E-state index in [1.807, 2.05) is 0 Å². The lowest BCUT2D eigenvalue weighted by atomic mass is 10.1. The number of aliphatic hydroxyl groups is 1. The lowest BCUT2D eigenvalue weighted by Crippen LogP contribution is -2.43. The van der Waals surface area contributed by atoms with Crippen LogP contribution in [0.2, 0.25) is 0 Å². The second kappa shape index (κ2) is 7.65. The van der Waals surface area contributed by atoms with E-state index in [1.165, 1.54) is 4.90 Å². The summed E-state index contributed by atoms with van der Waals surface area (Å²) in [6.45, 7) is 5.75. The maximum atomic E-state index is 12.4. The number of ether oxygens (including phenoxy) is 1. The van der Waals surface area contributed by atoms with E-state index in [9.17, 15) is 14.4 Å². The predicted molar refractivity (Wildman–Crippen MR) is 91.3 cm³/mol. The van der Waals surface area contributed by atoms with Crippen molar-refractivity contribution >= 4 is 17.9 Å². The molecule has 1 aliphatic rings. The highest BCUT2D eigenvalue weighted by Crippen LogP contribution is 2.22. The van der Waals surface area contributed by atoms with Crippen molar-refractivity contribution in [2.45, 2.75) is 32.8 Å². The van der Waals surface area contributed by atoms with Crippen molar-refractivity contribution in [1.29, 1.82) is 0 Å². The van der Waals surface area contributed by atoms with Crippen LogP contribution in [0.1, 0.15) is 47.9 Å². The summed E-state index contributed by atoms with van der Waals surface area (Å²) in [5, 5.41) is 9.01. The molecular formula is C18H24N2O5. The molecule has 0 radical (unpaired) electrons. The number of amides is 3. The van der Waals surface area contributed by atoms with Crippen molar-refractivity contribution in [3.05, 3.63) is 35.4 Å². The average Bonchev–Trinajstić information content (AvgIpc) is 2.78. The van der Waals surface area contributed by atoms with Crippen LogP contribution in [0.15, 0.2) is 24.3 Å². The third-order valence-corrected chi connectivity index (χ3v) is 3.71. The molecule has 0 saturated carbocycles. The van der Waals surface area contributed by atoms with Gasteiger partial charge < -0.3 is 14.7 Å². The number of aliphatic hydroxyl groups excluding tert-OH is 1. The van der Waals surface area contributed by atoms with Gasteiger partial charge in [0.2, 0.25) is 0 Å². The first-order valence-electron chi connectivity index (χ1n) is 8.28. The van der Waals surface area contributed by atoms with E-state index < -0.39 is 11.7 Å². The molecule has 0 fully saturated rings. The van der Waals surface area contributed by atoms with E-state index in [0.717, 1.165) is 4.90 Å². The zero-order valence-corrected chi connectivity index (χ0v) is 14.8. The SMILES string of the molecule is CC(C)(C)OC(=O)N(CCCO)CCN1C(=O)c2ccccc2C1=O. The molecule has 0 bridgehead atoms. The highest BCUT2D eigenvalue weighted by atomic mass is 16.6. The lowest BCUT2D eigenvalue weighted by Gasteiger charge is -2.28. The molecule has 1 N–H and O–H groups in total. The highest BCUT2D eigenvalue weighted by molar-refractivity contribution is 6.21. The molecule has 0 unspecified atom stereocenters. The molecule has 1 aromatic rings. The Morgan fingerprint density at radius 1 is 1.12 bits per heavy atom. The third-order valence-electron chi connectivity index (χ3n) is 3.71. The van der Waals surface area contributed by atoms with Crippen molar-refractivity contribution in [2.24, 2.45) is 0 Å². The van der Waals surface area contributed by atoms with E-state index in [-0.39, 0.29) is 38.1 Å². The fourth-order valence-electron chi connectivity index (χ4n) is 2.55. The number of hydrogen-bond donors (Lipinski definition) is 1. The van der Waals surface area contributed by atoms with Gasteiger partial charge in [-0.25, -0.2) is 4.79 Å². The van der Waals surface area contributed by atoms with Gasteiger partial charge in [0, 0.05) is 26.2 Å². The average molecular weight is 348 g/mol. The second-order valence-corrected chi connectivity index (χ2v) is 6.85. The van der Waals surface area contributed by atoms with E-state index in [0.29, 0.717) is 17.5 Å². The summed E-state index contributed by atoms with van der Waals surface area (Å²) in [5.41, 5.74) is 0.114. The maximum absolute atomic E-state index is 12.4. The number of fused-ring (bicyclic) bond motifs is 1. The Labute approximate surface area is 147 Å². The normalized spacial score (nSPS) is 13.8. The van der Waals surface area contributed by atoms with Crippen LogP contribution in [0, 0.1) is 0 Å². The smallest absolute Gasteiger partial charge is 0.410 e. The van der Waals surface area contributed by atoms with Gasteiger partial charge in [-0.15, -0.1) is 0 Å². The minimum atomic E-state index is -0.649. The van der Waals surface area contributed by atoms with Crippen molar-refractivity contribution in [3.63, 3.8) is 0 Å². The molecule has 7 heteroatoms. The summed E-state index contributed by atoms with van der Waals surface area (Å²) in [6, 6.07) is 6.66. The Hall–Kier alpha value is -2.41. The molecule has 1 aliphatic heterocycles. The fourth-order valence-corrected chi connectivity index (χ4v) is 2.55. The summed E-state index contributed by atoms with van der Waals surface area (Å²) in [7, 11) is 0. The molecule has 0 atom stereocenters. The van der Waals surface area contributed by atoms with Crippen LogP contribution >= 0.6 is 0 Å². The van der Waals surface area contributed by atoms with Gasteiger partial charge in [0.25, 0.3) is 11.8 Å². The van der Waals surface area contributed by atoms with Crippen LogP contribution < -0.4 is 0 Å². The molecule has 1 aromatic carbocycles. The Kier molecular flexibility index (Phi) is 5.79. The molecule has 0 aliphatic carbocycles. The number of rotatable bonds is 6. The lowest BCUT2D eigenvalue weighted by molar-refractivity contribution is 0.0217. The molecule has 1 heterocycles. The Bertz CT molecular complexity index is 631. The van der Waals surface area contributed by atoms with Gasteiger partial charge in [0.15, 0.2) is 0 Å². The van der Waals surface area contributed by atoms with Crippen LogP contribution in [-0.4, -0.2) is 64.7 Å². The predicted octanol–water partition coefficient (Wildman–Crippen LogP) is 1.90. The van der Waals surface area contributed by atoms with Crippen molar-refractivity contribution in [3.8, 4) is 0 Å². The van der Waals surface area contributed by atoms with Gasteiger partial charge >= 0.3 is 6.09 Å². The van der Waals surface area contributed by atoms with Crippen LogP contribution in [0.5, 0.6) is 0 Å². The topological polar surface area (TPSA) is 87.2 Å². The van der Waals surface area contributed by atoms with Gasteiger partial charge in [-0.05, 0) is 39.3 Å². The molecule has 25 heavy (non-hydrogen) atoms. The number of carbonyl (C=O) groups is 3. The molecular weight excluding hydrogens is 324 g/mol. The Morgan fingerprint density at radius 2 is 1.68 bits per heavy atom.